The Morgan fingerprint density at radius 3 is 2.67 bits per heavy atom. The number of nitrogens with zero attached hydrogens (tertiary/aromatic N) is 3. The van der Waals surface area contributed by atoms with Gasteiger partial charge < -0.3 is 15.4 Å². The van der Waals surface area contributed by atoms with Crippen molar-refractivity contribution in [3.8, 4) is 0 Å². The predicted molar refractivity (Wildman–Crippen MR) is 89.7 cm³/mol. The number of carboxylic acid groups (broad SMARTS) is 1. The van der Waals surface area contributed by atoms with Crippen LogP contribution in [0.4, 0.5) is 0 Å². The summed E-state index contributed by atoms with van der Waals surface area (Å²) in [7, 11) is 0. The third kappa shape index (κ3) is 3.72. The van der Waals surface area contributed by atoms with Crippen LogP contribution in [0.2, 0.25) is 5.02 Å². The summed E-state index contributed by atoms with van der Waals surface area (Å²) in [6, 6.07) is 10.4. The Morgan fingerprint density at radius 1 is 1.25 bits per heavy atom. The van der Waals surface area contributed by atoms with Crippen molar-refractivity contribution in [1.29, 1.82) is 0 Å². The van der Waals surface area contributed by atoms with E-state index in [9.17, 15) is 4.79 Å². The number of nitrogen functional groups attached to an aromatic ring is 1. The van der Waals surface area contributed by atoms with E-state index in [1.54, 1.807) is 18.2 Å². The Morgan fingerprint density at radius 2 is 2.00 bits per heavy atom. The summed E-state index contributed by atoms with van der Waals surface area (Å²) in [6.45, 7) is 0. The quantitative estimate of drug-likeness (QED) is 0.511. The van der Waals surface area contributed by atoms with Crippen LogP contribution >= 0.6 is 23.4 Å². The van der Waals surface area contributed by atoms with E-state index in [1.807, 2.05) is 12.1 Å². The van der Waals surface area contributed by atoms with Crippen molar-refractivity contribution in [2.24, 2.45) is 0 Å². The Hall–Kier alpha value is -2.45. The van der Waals surface area contributed by atoms with Crippen molar-refractivity contribution in [1.82, 2.24) is 14.9 Å². The first kappa shape index (κ1) is 16.4. The second-order valence-electron chi connectivity index (χ2n) is 4.93. The standard InChI is InChI=1S/C15H13ClN4O3S/c16-10-3-1-9(2-4-10)7-13-18-19-15(20(13)17)24-8-11-5-6-12(23-11)14(21)22/h1-6H,7-8,17H2,(H,21,22). The molecule has 124 valence electrons. The third-order valence-electron chi connectivity index (χ3n) is 3.23. The van der Waals surface area contributed by atoms with Crippen LogP contribution in [0.25, 0.3) is 0 Å². The number of aromatic carboxylic acids is 1. The summed E-state index contributed by atoms with van der Waals surface area (Å²) in [5.74, 6) is 6.38. The molecule has 0 atom stereocenters. The van der Waals surface area contributed by atoms with Crippen LogP contribution in [0, 0.1) is 0 Å². The lowest BCUT2D eigenvalue weighted by Crippen LogP contribution is -2.14. The maximum atomic E-state index is 10.8. The first-order valence-electron chi connectivity index (χ1n) is 6.91. The average Bonchev–Trinajstić information content (AvgIpc) is 3.16. The number of aromatic nitrogens is 3. The number of rotatable bonds is 6. The van der Waals surface area contributed by atoms with Crippen LogP contribution in [-0.4, -0.2) is 25.9 Å². The summed E-state index contributed by atoms with van der Waals surface area (Å²) in [6.07, 6.45) is 0.533. The van der Waals surface area contributed by atoms with Crippen molar-refractivity contribution in [3.05, 3.63) is 64.3 Å². The number of halogens is 1. The Balaban J connectivity index is 1.65. The number of hydrogen-bond donors (Lipinski definition) is 2. The summed E-state index contributed by atoms with van der Waals surface area (Å²) in [5, 5.41) is 18.2. The Labute approximate surface area is 146 Å². The molecule has 0 radical (unpaired) electrons. The topological polar surface area (TPSA) is 107 Å². The van der Waals surface area contributed by atoms with Gasteiger partial charge in [0.1, 0.15) is 5.76 Å². The zero-order chi connectivity index (χ0) is 17.1. The maximum absolute atomic E-state index is 10.8. The molecule has 0 spiro atoms. The number of benzene rings is 1. The molecule has 3 aromatic rings. The highest BCUT2D eigenvalue weighted by molar-refractivity contribution is 7.98. The van der Waals surface area contributed by atoms with Gasteiger partial charge in [-0.15, -0.1) is 10.2 Å². The molecule has 2 aromatic heterocycles. The number of thioether (sulfide) groups is 1. The first-order valence-corrected chi connectivity index (χ1v) is 8.28. The fourth-order valence-electron chi connectivity index (χ4n) is 2.02. The SMILES string of the molecule is Nn1c(Cc2ccc(Cl)cc2)nnc1SCc1ccc(C(=O)O)o1. The Kier molecular flexibility index (Phi) is 4.77. The average molecular weight is 365 g/mol. The van der Waals surface area contributed by atoms with Gasteiger partial charge >= 0.3 is 5.97 Å². The van der Waals surface area contributed by atoms with E-state index in [0.717, 1.165) is 5.56 Å². The molecule has 3 rings (SSSR count). The number of furan rings is 1. The zero-order valence-electron chi connectivity index (χ0n) is 12.3. The van der Waals surface area contributed by atoms with Crippen LogP contribution in [0.3, 0.4) is 0 Å². The summed E-state index contributed by atoms with van der Waals surface area (Å²) in [5.41, 5.74) is 1.02. The lowest BCUT2D eigenvalue weighted by molar-refractivity contribution is 0.0661. The van der Waals surface area contributed by atoms with E-state index in [0.29, 0.717) is 33.9 Å². The number of carboxylic acids is 1. The molecule has 1 aromatic carbocycles. The van der Waals surface area contributed by atoms with Crippen LogP contribution in [-0.2, 0) is 12.2 Å². The largest absolute Gasteiger partial charge is 0.475 e. The fourth-order valence-corrected chi connectivity index (χ4v) is 2.91. The normalized spacial score (nSPS) is 10.9. The van der Waals surface area contributed by atoms with Crippen molar-refractivity contribution in [2.45, 2.75) is 17.3 Å². The van der Waals surface area contributed by atoms with Gasteiger partial charge in [0.05, 0.1) is 5.75 Å². The minimum absolute atomic E-state index is 0.0942. The summed E-state index contributed by atoms with van der Waals surface area (Å²) in [4.78, 5) is 10.8. The van der Waals surface area contributed by atoms with E-state index in [1.165, 1.54) is 22.5 Å². The Bertz CT molecular complexity index is 860. The molecule has 0 saturated heterocycles. The molecular weight excluding hydrogens is 352 g/mol. The molecule has 0 fully saturated rings. The number of nitrogens with two attached hydrogens (primary N) is 1. The minimum atomic E-state index is -1.10. The molecule has 9 heteroatoms. The summed E-state index contributed by atoms with van der Waals surface area (Å²) < 4.78 is 6.61. The smallest absolute Gasteiger partial charge is 0.371 e. The van der Waals surface area contributed by atoms with E-state index in [-0.39, 0.29) is 5.76 Å². The van der Waals surface area contributed by atoms with Crippen molar-refractivity contribution in [2.75, 3.05) is 5.84 Å². The zero-order valence-corrected chi connectivity index (χ0v) is 13.9. The maximum Gasteiger partial charge on any atom is 0.371 e. The van der Waals surface area contributed by atoms with Crippen LogP contribution in [0.5, 0.6) is 0 Å². The monoisotopic (exact) mass is 364 g/mol. The van der Waals surface area contributed by atoms with E-state index in [4.69, 9.17) is 27.0 Å². The van der Waals surface area contributed by atoms with Crippen LogP contribution in [0.15, 0.2) is 46.0 Å². The van der Waals surface area contributed by atoms with Gasteiger partial charge in [-0.25, -0.2) is 9.47 Å². The first-order chi connectivity index (χ1) is 11.5. The van der Waals surface area contributed by atoms with Gasteiger partial charge in [0.15, 0.2) is 5.82 Å². The molecule has 0 saturated carbocycles. The van der Waals surface area contributed by atoms with Gasteiger partial charge in [-0.2, -0.15) is 0 Å². The molecular formula is C15H13ClN4O3S. The molecule has 3 N–H and O–H groups in total. The van der Waals surface area contributed by atoms with Gasteiger partial charge in [0.25, 0.3) is 0 Å². The van der Waals surface area contributed by atoms with Crippen molar-refractivity contribution in [3.63, 3.8) is 0 Å². The van der Waals surface area contributed by atoms with E-state index in [2.05, 4.69) is 10.2 Å². The molecule has 7 nitrogen and oxygen atoms in total. The molecule has 0 aliphatic rings. The number of carbonyl (C=O) groups is 1. The van der Waals surface area contributed by atoms with Crippen LogP contribution < -0.4 is 5.84 Å². The van der Waals surface area contributed by atoms with Crippen LogP contribution in [0.1, 0.15) is 27.7 Å². The highest BCUT2D eigenvalue weighted by Gasteiger charge is 2.13. The molecule has 0 aliphatic heterocycles. The lowest BCUT2D eigenvalue weighted by atomic mass is 10.1. The minimum Gasteiger partial charge on any atom is -0.475 e. The molecule has 0 unspecified atom stereocenters. The lowest BCUT2D eigenvalue weighted by Gasteiger charge is -2.03. The fraction of sp³-hybridized carbons (Fsp3) is 0.133. The van der Waals surface area contributed by atoms with Gasteiger partial charge in [0.2, 0.25) is 10.9 Å². The molecule has 0 bridgehead atoms. The third-order valence-corrected chi connectivity index (χ3v) is 4.44. The van der Waals surface area contributed by atoms with Gasteiger partial charge in [-0.05, 0) is 29.8 Å². The van der Waals surface area contributed by atoms with Gasteiger partial charge in [-0.1, -0.05) is 35.5 Å². The highest BCUT2D eigenvalue weighted by atomic mass is 35.5. The van der Waals surface area contributed by atoms with E-state index < -0.39 is 5.97 Å². The van der Waals surface area contributed by atoms with E-state index >= 15 is 0 Å². The summed E-state index contributed by atoms with van der Waals surface area (Å²) >= 11 is 7.18. The van der Waals surface area contributed by atoms with Crippen molar-refractivity contribution < 1.29 is 14.3 Å². The van der Waals surface area contributed by atoms with Gasteiger partial charge in [-0.3, -0.25) is 0 Å². The second-order valence-corrected chi connectivity index (χ2v) is 6.31. The van der Waals surface area contributed by atoms with Crippen molar-refractivity contribution >= 4 is 29.3 Å². The highest BCUT2D eigenvalue weighted by Crippen LogP contribution is 2.22. The molecule has 24 heavy (non-hydrogen) atoms. The molecule has 0 amide bonds. The van der Waals surface area contributed by atoms with Gasteiger partial charge in [0, 0.05) is 11.4 Å². The molecule has 0 aliphatic carbocycles. The predicted octanol–water partition coefficient (Wildman–Crippen LogP) is 2.82. The second kappa shape index (κ2) is 6.98. The number of hydrogen-bond acceptors (Lipinski definition) is 6. The molecule has 2 heterocycles.